The monoisotopic (exact) mass is 352 g/mol. The fraction of sp³-hybridized carbons (Fsp3) is 0.562. The largest absolute Gasteiger partial charge is 0.507 e. The average Bonchev–Trinajstić information content (AvgIpc) is 2.36. The van der Waals surface area contributed by atoms with Crippen LogP contribution in [0.2, 0.25) is 0 Å². The minimum Gasteiger partial charge on any atom is -0.507 e. The van der Waals surface area contributed by atoms with Crippen LogP contribution in [0.15, 0.2) is 22.7 Å². The lowest BCUT2D eigenvalue weighted by Crippen LogP contribution is -3.41. The Balaban J connectivity index is 1.77. The molecular formula is C16H21BrN2O2+2. The summed E-state index contributed by atoms with van der Waals surface area (Å²) in [5, 5.41) is 10.3. The number of carbonyl (C=O) groups excluding carboxylic acids is 1. The minimum absolute atomic E-state index is 0.183. The lowest BCUT2D eigenvalue weighted by molar-refractivity contribution is -1.18. The van der Waals surface area contributed by atoms with E-state index in [1.165, 1.54) is 9.80 Å². The molecule has 0 unspecified atom stereocenters. The summed E-state index contributed by atoms with van der Waals surface area (Å²) in [6.45, 7) is 7.83. The first-order valence-corrected chi connectivity index (χ1v) is 8.34. The summed E-state index contributed by atoms with van der Waals surface area (Å²) in [7, 11) is 0. The first kappa shape index (κ1) is 13.7. The van der Waals surface area contributed by atoms with Crippen molar-refractivity contribution in [2.75, 3.05) is 26.2 Å². The number of quaternary nitrogens is 2. The number of halogens is 1. The highest BCUT2D eigenvalue weighted by Gasteiger charge is 2.68. The van der Waals surface area contributed by atoms with Gasteiger partial charge in [0.15, 0.2) is 5.78 Å². The molecule has 1 aromatic carbocycles. The molecule has 4 bridgehead atoms. The van der Waals surface area contributed by atoms with Crippen LogP contribution in [-0.2, 0) is 4.79 Å². The van der Waals surface area contributed by atoms with E-state index in [-0.39, 0.29) is 17.0 Å². The third kappa shape index (κ3) is 1.77. The van der Waals surface area contributed by atoms with E-state index in [9.17, 15) is 9.90 Å². The Morgan fingerprint density at radius 2 is 1.67 bits per heavy atom. The Bertz CT molecular complexity index is 605. The molecule has 5 heteroatoms. The highest BCUT2D eigenvalue weighted by molar-refractivity contribution is 9.10. The first-order chi connectivity index (χ1) is 9.82. The maximum Gasteiger partial charge on any atom is 0.243 e. The summed E-state index contributed by atoms with van der Waals surface area (Å²) in [6.07, 6.45) is 0.257. The van der Waals surface area contributed by atoms with Crippen LogP contribution in [-0.4, -0.2) is 37.1 Å². The van der Waals surface area contributed by atoms with Crippen molar-refractivity contribution in [3.63, 3.8) is 0 Å². The van der Waals surface area contributed by atoms with Gasteiger partial charge in [-0.1, -0.05) is 15.9 Å². The lowest BCUT2D eigenvalue weighted by Gasteiger charge is -2.58. The van der Waals surface area contributed by atoms with Gasteiger partial charge >= 0.3 is 0 Å². The zero-order valence-electron chi connectivity index (χ0n) is 12.4. The molecule has 0 atom stereocenters. The van der Waals surface area contributed by atoms with Crippen molar-refractivity contribution in [3.8, 4) is 5.75 Å². The van der Waals surface area contributed by atoms with E-state index in [4.69, 9.17) is 0 Å². The second-order valence-electron chi connectivity index (χ2n) is 7.61. The molecule has 4 aliphatic heterocycles. The predicted molar refractivity (Wildman–Crippen MR) is 81.2 cm³/mol. The fourth-order valence-electron chi connectivity index (χ4n) is 5.20. The van der Waals surface area contributed by atoms with E-state index in [0.29, 0.717) is 11.5 Å². The number of nitrogens with one attached hydrogen (secondary N) is 2. The molecular weight excluding hydrogens is 332 g/mol. The topological polar surface area (TPSA) is 46.2 Å². The number of piperidine rings is 2. The molecule has 4 nitrogen and oxygen atoms in total. The minimum atomic E-state index is -0.183. The van der Waals surface area contributed by atoms with Gasteiger partial charge < -0.3 is 5.11 Å². The van der Waals surface area contributed by atoms with Crippen molar-refractivity contribution in [2.24, 2.45) is 10.8 Å². The van der Waals surface area contributed by atoms with Gasteiger partial charge in [0.25, 0.3) is 0 Å². The molecule has 3 N–H and O–H groups in total. The van der Waals surface area contributed by atoms with Crippen molar-refractivity contribution in [1.82, 2.24) is 0 Å². The fourth-order valence-corrected chi connectivity index (χ4v) is 5.55. The molecule has 5 rings (SSSR count). The smallest absolute Gasteiger partial charge is 0.243 e. The van der Waals surface area contributed by atoms with Gasteiger partial charge in [0.05, 0.1) is 0 Å². The average molecular weight is 353 g/mol. The third-order valence-electron chi connectivity index (χ3n) is 5.69. The quantitative estimate of drug-likeness (QED) is 0.640. The summed E-state index contributed by atoms with van der Waals surface area (Å²) < 4.78 is 0.900. The normalized spacial score (nSPS) is 44.3. The number of hydrogen-bond acceptors (Lipinski definition) is 2. The van der Waals surface area contributed by atoms with E-state index in [2.05, 4.69) is 29.8 Å². The van der Waals surface area contributed by atoms with Crippen LogP contribution in [0.25, 0.3) is 0 Å². The molecule has 0 radical (unpaired) electrons. The number of phenolic OH excluding ortho intramolecular Hbond substituents is 1. The Morgan fingerprint density at radius 3 is 2.14 bits per heavy atom. The number of carbonyl (C=O) groups is 1. The van der Waals surface area contributed by atoms with Gasteiger partial charge in [-0.15, -0.1) is 0 Å². The molecule has 4 fully saturated rings. The second-order valence-corrected chi connectivity index (χ2v) is 8.53. The van der Waals surface area contributed by atoms with E-state index in [0.717, 1.165) is 36.2 Å². The summed E-state index contributed by atoms with van der Waals surface area (Å²) in [4.78, 5) is 15.6. The van der Waals surface area contributed by atoms with Crippen LogP contribution >= 0.6 is 15.9 Å². The Labute approximate surface area is 132 Å². The summed E-state index contributed by atoms with van der Waals surface area (Å²) >= 11 is 3.40. The molecule has 0 spiro atoms. The molecule has 0 aromatic heterocycles. The van der Waals surface area contributed by atoms with Crippen LogP contribution in [0.5, 0.6) is 5.75 Å². The zero-order valence-corrected chi connectivity index (χ0v) is 14.0. The molecule has 0 aliphatic carbocycles. The highest BCUT2D eigenvalue weighted by Crippen LogP contribution is 2.37. The van der Waals surface area contributed by atoms with Crippen molar-refractivity contribution < 1.29 is 19.7 Å². The number of hydrogen-bond donors (Lipinski definition) is 3. The Hall–Kier alpha value is -0.910. The second kappa shape index (κ2) is 4.09. The molecule has 21 heavy (non-hydrogen) atoms. The van der Waals surface area contributed by atoms with E-state index < -0.39 is 0 Å². The highest BCUT2D eigenvalue weighted by atomic mass is 79.9. The molecule has 4 heterocycles. The van der Waals surface area contributed by atoms with Crippen LogP contribution in [0.1, 0.15) is 25.6 Å². The SMILES string of the molecule is CC12C[NH+]3CC(C)(C[NH+](C1)C3c1ccc(Br)cc1O)C2=O. The van der Waals surface area contributed by atoms with E-state index in [1.54, 1.807) is 6.07 Å². The third-order valence-corrected chi connectivity index (χ3v) is 6.18. The number of rotatable bonds is 1. The molecule has 112 valence electrons. The van der Waals surface area contributed by atoms with Crippen molar-refractivity contribution in [2.45, 2.75) is 20.0 Å². The first-order valence-electron chi connectivity index (χ1n) is 7.55. The maximum atomic E-state index is 12.7. The lowest BCUT2D eigenvalue weighted by atomic mass is 9.62. The van der Waals surface area contributed by atoms with Gasteiger partial charge in [0.1, 0.15) is 48.3 Å². The van der Waals surface area contributed by atoms with Gasteiger partial charge in [-0.3, -0.25) is 14.6 Å². The number of benzene rings is 1. The van der Waals surface area contributed by atoms with Crippen LogP contribution in [0, 0.1) is 10.8 Å². The van der Waals surface area contributed by atoms with Crippen LogP contribution in [0.4, 0.5) is 0 Å². The Kier molecular flexibility index (Phi) is 2.67. The van der Waals surface area contributed by atoms with Gasteiger partial charge in [0.2, 0.25) is 6.17 Å². The van der Waals surface area contributed by atoms with Gasteiger partial charge in [-0.2, -0.15) is 0 Å². The molecule has 0 saturated carbocycles. The van der Waals surface area contributed by atoms with E-state index >= 15 is 0 Å². The summed E-state index contributed by atoms with van der Waals surface area (Å²) in [5.74, 6) is 0.824. The molecule has 0 amide bonds. The number of ketones is 1. The summed E-state index contributed by atoms with van der Waals surface area (Å²) in [5.41, 5.74) is 0.649. The standard InChI is InChI=1S/C16H19BrN2O2/c1-15-6-18-8-16(2,14(15)21)9-19(7-15)13(18)11-4-3-10(17)5-12(11)20/h3-5,13,20H,6-9H2,1-2H3/p+2. The molecule has 4 saturated heterocycles. The van der Waals surface area contributed by atoms with Gasteiger partial charge in [-0.25, -0.2) is 0 Å². The number of aromatic hydroxyl groups is 1. The van der Waals surface area contributed by atoms with Gasteiger partial charge in [-0.05, 0) is 32.0 Å². The predicted octanol–water partition coefficient (Wildman–Crippen LogP) is -0.454. The zero-order chi connectivity index (χ0) is 15.0. The molecule has 1 aromatic rings. The maximum absolute atomic E-state index is 12.7. The van der Waals surface area contributed by atoms with Crippen LogP contribution in [0.3, 0.4) is 0 Å². The Morgan fingerprint density at radius 1 is 1.14 bits per heavy atom. The number of phenols is 1. The molecule has 4 aliphatic rings. The van der Waals surface area contributed by atoms with Gasteiger partial charge in [0, 0.05) is 4.47 Å². The number of Topliss-reactive ketones (excluding diaryl/α,β-unsaturated/α-hetero) is 1. The van der Waals surface area contributed by atoms with Crippen molar-refractivity contribution in [3.05, 3.63) is 28.2 Å². The summed E-state index contributed by atoms with van der Waals surface area (Å²) in [6, 6.07) is 5.80. The van der Waals surface area contributed by atoms with Crippen molar-refractivity contribution >= 4 is 21.7 Å². The van der Waals surface area contributed by atoms with E-state index in [1.807, 2.05) is 12.1 Å². The van der Waals surface area contributed by atoms with Crippen LogP contribution < -0.4 is 9.80 Å². The van der Waals surface area contributed by atoms with Crippen molar-refractivity contribution in [1.29, 1.82) is 0 Å².